The molecule has 2 atom stereocenters. The average Bonchev–Trinajstić information content (AvgIpc) is 2.21. The van der Waals surface area contributed by atoms with Crippen LogP contribution < -0.4 is 10.6 Å². The minimum Gasteiger partial charge on any atom is -0.355 e. The molecule has 2 N–H and O–H groups in total. The zero-order valence-corrected chi connectivity index (χ0v) is 9.89. The molecule has 0 aliphatic rings. The molecule has 0 aromatic heterocycles. The normalized spacial score (nSPS) is 14.9. The molecule has 0 radical (unpaired) electrons. The summed E-state index contributed by atoms with van der Waals surface area (Å²) in [6, 6.07) is -0.0736. The van der Waals surface area contributed by atoms with Crippen molar-refractivity contribution in [2.24, 2.45) is 5.92 Å². The Morgan fingerprint density at radius 1 is 1.29 bits per heavy atom. The molecule has 2 unspecified atom stereocenters. The van der Waals surface area contributed by atoms with E-state index in [1.54, 1.807) is 0 Å². The first-order chi connectivity index (χ1) is 6.61. The summed E-state index contributed by atoms with van der Waals surface area (Å²) in [6.45, 7) is 9.99. The zero-order valence-electron chi connectivity index (χ0n) is 9.89. The SMILES string of the molecule is CCCNC(=O)C(C)NCC(C)CC. The van der Waals surface area contributed by atoms with Gasteiger partial charge in [-0.2, -0.15) is 0 Å². The van der Waals surface area contributed by atoms with Crippen molar-refractivity contribution in [1.29, 1.82) is 0 Å². The zero-order chi connectivity index (χ0) is 11.0. The van der Waals surface area contributed by atoms with Crippen molar-refractivity contribution in [2.45, 2.75) is 46.6 Å². The maximum Gasteiger partial charge on any atom is 0.236 e. The van der Waals surface area contributed by atoms with Crippen molar-refractivity contribution < 1.29 is 4.79 Å². The van der Waals surface area contributed by atoms with Gasteiger partial charge in [-0.05, 0) is 25.8 Å². The standard InChI is InChI=1S/C11H24N2O/c1-5-7-12-11(14)10(4)13-8-9(3)6-2/h9-10,13H,5-8H2,1-4H3,(H,12,14). The molecular formula is C11H24N2O. The van der Waals surface area contributed by atoms with Gasteiger partial charge < -0.3 is 10.6 Å². The maximum atomic E-state index is 11.4. The van der Waals surface area contributed by atoms with Crippen molar-refractivity contribution in [3.05, 3.63) is 0 Å². The van der Waals surface area contributed by atoms with Crippen molar-refractivity contribution in [2.75, 3.05) is 13.1 Å². The van der Waals surface area contributed by atoms with Gasteiger partial charge in [-0.3, -0.25) is 4.79 Å². The summed E-state index contributed by atoms with van der Waals surface area (Å²) in [6.07, 6.45) is 2.14. The molecule has 0 aliphatic heterocycles. The average molecular weight is 200 g/mol. The van der Waals surface area contributed by atoms with Gasteiger partial charge in [0.25, 0.3) is 0 Å². The fourth-order valence-corrected chi connectivity index (χ4v) is 1.02. The van der Waals surface area contributed by atoms with Crippen LogP contribution in [0, 0.1) is 5.92 Å². The third kappa shape index (κ3) is 5.97. The Kier molecular flexibility index (Phi) is 7.48. The molecule has 0 spiro atoms. The maximum absolute atomic E-state index is 11.4. The lowest BCUT2D eigenvalue weighted by Gasteiger charge is -2.16. The third-order valence-corrected chi connectivity index (χ3v) is 2.41. The molecule has 0 heterocycles. The van der Waals surface area contributed by atoms with Crippen LogP contribution in [0.3, 0.4) is 0 Å². The highest BCUT2D eigenvalue weighted by atomic mass is 16.2. The van der Waals surface area contributed by atoms with Gasteiger partial charge >= 0.3 is 0 Å². The number of nitrogens with one attached hydrogen (secondary N) is 2. The number of hydrogen-bond acceptors (Lipinski definition) is 2. The Morgan fingerprint density at radius 3 is 2.43 bits per heavy atom. The highest BCUT2D eigenvalue weighted by molar-refractivity contribution is 5.81. The minimum atomic E-state index is -0.0736. The number of rotatable bonds is 7. The van der Waals surface area contributed by atoms with E-state index < -0.39 is 0 Å². The van der Waals surface area contributed by atoms with E-state index in [2.05, 4.69) is 31.4 Å². The summed E-state index contributed by atoms with van der Waals surface area (Å²) < 4.78 is 0. The summed E-state index contributed by atoms with van der Waals surface area (Å²) in [5.74, 6) is 0.742. The molecule has 1 amide bonds. The molecule has 14 heavy (non-hydrogen) atoms. The quantitative estimate of drug-likeness (QED) is 0.654. The Labute approximate surface area is 87.6 Å². The highest BCUT2D eigenvalue weighted by Crippen LogP contribution is 1.98. The molecule has 3 heteroatoms. The van der Waals surface area contributed by atoms with Gasteiger partial charge in [0.1, 0.15) is 0 Å². The van der Waals surface area contributed by atoms with E-state index in [0.29, 0.717) is 5.92 Å². The van der Waals surface area contributed by atoms with Crippen LogP contribution >= 0.6 is 0 Å². The monoisotopic (exact) mass is 200 g/mol. The van der Waals surface area contributed by atoms with Crippen molar-refractivity contribution in [3.8, 4) is 0 Å². The summed E-state index contributed by atoms with van der Waals surface area (Å²) >= 11 is 0. The van der Waals surface area contributed by atoms with E-state index in [0.717, 1.165) is 25.9 Å². The molecule has 84 valence electrons. The van der Waals surface area contributed by atoms with Gasteiger partial charge in [-0.25, -0.2) is 0 Å². The lowest BCUT2D eigenvalue weighted by Crippen LogP contribution is -2.43. The second kappa shape index (κ2) is 7.80. The van der Waals surface area contributed by atoms with Crippen LogP contribution in [0.1, 0.15) is 40.5 Å². The van der Waals surface area contributed by atoms with Gasteiger partial charge in [-0.15, -0.1) is 0 Å². The lowest BCUT2D eigenvalue weighted by molar-refractivity contribution is -0.122. The minimum absolute atomic E-state index is 0.0736. The van der Waals surface area contributed by atoms with Crippen LogP contribution in [-0.4, -0.2) is 25.0 Å². The molecule has 0 rings (SSSR count). The van der Waals surface area contributed by atoms with Crippen LogP contribution in [0.2, 0.25) is 0 Å². The first-order valence-corrected chi connectivity index (χ1v) is 5.62. The first kappa shape index (κ1) is 13.4. The smallest absolute Gasteiger partial charge is 0.236 e. The number of hydrogen-bond donors (Lipinski definition) is 2. The molecule has 0 aromatic rings. The van der Waals surface area contributed by atoms with Crippen LogP contribution in [0.15, 0.2) is 0 Å². The van der Waals surface area contributed by atoms with Crippen LogP contribution in [0.5, 0.6) is 0 Å². The molecule has 0 fully saturated rings. The predicted molar refractivity (Wildman–Crippen MR) is 60.2 cm³/mol. The van der Waals surface area contributed by atoms with E-state index in [1.807, 2.05) is 6.92 Å². The van der Waals surface area contributed by atoms with Crippen LogP contribution in [0.25, 0.3) is 0 Å². The van der Waals surface area contributed by atoms with E-state index in [1.165, 1.54) is 0 Å². The second-order valence-corrected chi connectivity index (χ2v) is 3.93. The summed E-state index contributed by atoms with van der Waals surface area (Å²) in [5, 5.41) is 6.10. The van der Waals surface area contributed by atoms with Crippen molar-refractivity contribution >= 4 is 5.91 Å². The number of amides is 1. The van der Waals surface area contributed by atoms with E-state index >= 15 is 0 Å². The molecular weight excluding hydrogens is 176 g/mol. The molecule has 0 aromatic carbocycles. The predicted octanol–water partition coefficient (Wildman–Crippen LogP) is 1.54. The second-order valence-electron chi connectivity index (χ2n) is 3.93. The van der Waals surface area contributed by atoms with Gasteiger partial charge in [0.15, 0.2) is 0 Å². The van der Waals surface area contributed by atoms with Crippen molar-refractivity contribution in [1.82, 2.24) is 10.6 Å². The fraction of sp³-hybridized carbons (Fsp3) is 0.909. The lowest BCUT2D eigenvalue weighted by atomic mass is 10.1. The largest absolute Gasteiger partial charge is 0.355 e. The van der Waals surface area contributed by atoms with E-state index in [-0.39, 0.29) is 11.9 Å². The Balaban J connectivity index is 3.61. The summed E-state index contributed by atoms with van der Waals surface area (Å²) in [7, 11) is 0. The number of carbonyl (C=O) groups is 1. The molecule has 3 nitrogen and oxygen atoms in total. The number of carbonyl (C=O) groups excluding carboxylic acids is 1. The first-order valence-electron chi connectivity index (χ1n) is 5.62. The van der Waals surface area contributed by atoms with E-state index in [4.69, 9.17) is 0 Å². The topological polar surface area (TPSA) is 41.1 Å². The van der Waals surface area contributed by atoms with Crippen molar-refractivity contribution in [3.63, 3.8) is 0 Å². The molecule has 0 bridgehead atoms. The van der Waals surface area contributed by atoms with Crippen LogP contribution in [0.4, 0.5) is 0 Å². The summed E-state index contributed by atoms with van der Waals surface area (Å²) in [5.41, 5.74) is 0. The summed E-state index contributed by atoms with van der Waals surface area (Å²) in [4.78, 5) is 11.4. The molecule has 0 saturated heterocycles. The molecule has 0 aliphatic carbocycles. The van der Waals surface area contributed by atoms with Gasteiger partial charge in [0.05, 0.1) is 6.04 Å². The van der Waals surface area contributed by atoms with Gasteiger partial charge in [0.2, 0.25) is 5.91 Å². The van der Waals surface area contributed by atoms with E-state index in [9.17, 15) is 4.79 Å². The Hall–Kier alpha value is -0.570. The molecule has 0 saturated carbocycles. The fourth-order valence-electron chi connectivity index (χ4n) is 1.02. The Bertz CT molecular complexity index is 159. The Morgan fingerprint density at radius 2 is 1.93 bits per heavy atom. The highest BCUT2D eigenvalue weighted by Gasteiger charge is 2.11. The van der Waals surface area contributed by atoms with Gasteiger partial charge in [-0.1, -0.05) is 27.2 Å². The third-order valence-electron chi connectivity index (χ3n) is 2.41. The van der Waals surface area contributed by atoms with Gasteiger partial charge in [0, 0.05) is 6.54 Å². The van der Waals surface area contributed by atoms with Crippen LogP contribution in [-0.2, 0) is 4.79 Å².